The molecule has 24 heavy (non-hydrogen) atoms. The van der Waals surface area contributed by atoms with Crippen LogP contribution in [0.5, 0.6) is 0 Å². The molecule has 1 aromatic carbocycles. The van der Waals surface area contributed by atoms with Crippen molar-refractivity contribution in [2.75, 3.05) is 18.6 Å². The second-order valence-corrected chi connectivity index (χ2v) is 6.42. The van der Waals surface area contributed by atoms with Crippen LogP contribution in [0.2, 0.25) is 0 Å². The van der Waals surface area contributed by atoms with E-state index in [1.807, 2.05) is 13.8 Å². The highest BCUT2D eigenvalue weighted by atomic mass is 19.1. The van der Waals surface area contributed by atoms with Gasteiger partial charge in [-0.1, -0.05) is 13.8 Å². The highest BCUT2D eigenvalue weighted by Gasteiger charge is 2.48. The van der Waals surface area contributed by atoms with Crippen molar-refractivity contribution in [1.82, 2.24) is 9.97 Å². The van der Waals surface area contributed by atoms with Gasteiger partial charge in [0.05, 0.1) is 0 Å². The standard InChI is InChI=1S/C17H17F2N3O2/c1-17(2)9-22(15(23)14(17)24-3)16-20-7-10(8-21-16)12-6-11(18)4-5-13(12)19/h4-8,14H,9H2,1-3H3. The zero-order chi connectivity index (χ0) is 17.5. The molecule has 1 aliphatic rings. The van der Waals surface area contributed by atoms with Crippen LogP contribution in [0.3, 0.4) is 0 Å². The second kappa shape index (κ2) is 5.90. The summed E-state index contributed by atoms with van der Waals surface area (Å²) in [6.07, 6.45) is 2.18. The number of halogens is 2. The maximum atomic E-state index is 13.8. The second-order valence-electron chi connectivity index (χ2n) is 6.42. The lowest BCUT2D eigenvalue weighted by atomic mass is 9.90. The Hall–Kier alpha value is -2.41. The number of nitrogens with zero attached hydrogens (tertiary/aromatic N) is 3. The summed E-state index contributed by atoms with van der Waals surface area (Å²) in [6, 6.07) is 3.18. The molecule has 1 aromatic heterocycles. The molecule has 0 radical (unpaired) electrons. The first-order chi connectivity index (χ1) is 11.3. The van der Waals surface area contributed by atoms with Crippen molar-refractivity contribution in [2.24, 2.45) is 5.41 Å². The van der Waals surface area contributed by atoms with Crippen molar-refractivity contribution in [3.63, 3.8) is 0 Å². The summed E-state index contributed by atoms with van der Waals surface area (Å²) >= 11 is 0. The fraction of sp³-hybridized carbons (Fsp3) is 0.353. The zero-order valence-corrected chi connectivity index (χ0v) is 13.6. The summed E-state index contributed by atoms with van der Waals surface area (Å²) in [4.78, 5) is 22.1. The summed E-state index contributed by atoms with van der Waals surface area (Å²) in [5.74, 6) is -1.11. The van der Waals surface area contributed by atoms with E-state index in [1.165, 1.54) is 24.4 Å². The molecule has 126 valence electrons. The van der Waals surface area contributed by atoms with E-state index >= 15 is 0 Å². The van der Waals surface area contributed by atoms with E-state index < -0.39 is 17.7 Å². The van der Waals surface area contributed by atoms with Gasteiger partial charge in [0.2, 0.25) is 5.95 Å². The maximum absolute atomic E-state index is 13.8. The van der Waals surface area contributed by atoms with Crippen LogP contribution in [0.25, 0.3) is 11.1 Å². The summed E-state index contributed by atoms with van der Waals surface area (Å²) in [5.41, 5.74) is 0.0389. The first-order valence-electron chi connectivity index (χ1n) is 7.45. The first kappa shape index (κ1) is 16.4. The summed E-state index contributed by atoms with van der Waals surface area (Å²) < 4.78 is 32.4. The monoisotopic (exact) mass is 333 g/mol. The minimum atomic E-state index is -0.568. The normalized spacial score (nSPS) is 19.8. The van der Waals surface area contributed by atoms with Gasteiger partial charge in [-0.3, -0.25) is 9.69 Å². The maximum Gasteiger partial charge on any atom is 0.259 e. The van der Waals surface area contributed by atoms with Crippen molar-refractivity contribution in [3.8, 4) is 11.1 Å². The molecular weight excluding hydrogens is 316 g/mol. The predicted octanol–water partition coefficient (Wildman–Crippen LogP) is 2.81. The van der Waals surface area contributed by atoms with Crippen LogP contribution >= 0.6 is 0 Å². The molecule has 0 aliphatic carbocycles. The van der Waals surface area contributed by atoms with Gasteiger partial charge < -0.3 is 4.74 Å². The molecule has 5 nitrogen and oxygen atoms in total. The molecular formula is C17H17F2N3O2. The molecule has 2 heterocycles. The molecule has 1 amide bonds. The van der Waals surface area contributed by atoms with E-state index in [1.54, 1.807) is 0 Å². The fourth-order valence-corrected chi connectivity index (χ4v) is 2.95. The van der Waals surface area contributed by atoms with E-state index in [0.717, 1.165) is 18.2 Å². The summed E-state index contributed by atoms with van der Waals surface area (Å²) in [5, 5.41) is 0. The van der Waals surface area contributed by atoms with Crippen LogP contribution in [0, 0.1) is 17.0 Å². The van der Waals surface area contributed by atoms with Gasteiger partial charge >= 0.3 is 0 Å². The molecule has 1 aliphatic heterocycles. The average Bonchev–Trinajstić information content (AvgIpc) is 2.79. The van der Waals surface area contributed by atoms with Crippen molar-refractivity contribution in [1.29, 1.82) is 0 Å². The minimum absolute atomic E-state index is 0.0735. The highest BCUT2D eigenvalue weighted by molar-refractivity contribution is 5.98. The van der Waals surface area contributed by atoms with E-state index in [4.69, 9.17) is 4.74 Å². The SMILES string of the molecule is COC1C(=O)N(c2ncc(-c3cc(F)ccc3F)cn2)CC1(C)C. The number of hydrogen-bond donors (Lipinski definition) is 0. The molecule has 0 N–H and O–H groups in total. The lowest BCUT2D eigenvalue weighted by Crippen LogP contribution is -2.33. The Labute approximate surface area is 138 Å². The zero-order valence-electron chi connectivity index (χ0n) is 13.6. The molecule has 1 fully saturated rings. The quantitative estimate of drug-likeness (QED) is 0.867. The number of rotatable bonds is 3. The van der Waals surface area contributed by atoms with Gasteiger partial charge in [-0.2, -0.15) is 0 Å². The molecule has 1 atom stereocenters. The highest BCUT2D eigenvalue weighted by Crippen LogP contribution is 2.34. The Morgan fingerprint density at radius 3 is 2.50 bits per heavy atom. The van der Waals surface area contributed by atoms with Crippen LogP contribution in [-0.4, -0.2) is 35.6 Å². The van der Waals surface area contributed by atoms with Gasteiger partial charge in [0, 0.05) is 42.6 Å². The van der Waals surface area contributed by atoms with Crippen molar-refractivity contribution >= 4 is 11.9 Å². The Kier molecular flexibility index (Phi) is 4.04. The number of amides is 1. The molecule has 3 rings (SSSR count). The number of benzene rings is 1. The molecule has 0 bridgehead atoms. The van der Waals surface area contributed by atoms with E-state index in [2.05, 4.69) is 9.97 Å². The van der Waals surface area contributed by atoms with Gasteiger partial charge in [-0.15, -0.1) is 0 Å². The Bertz CT molecular complexity index is 778. The fourth-order valence-electron chi connectivity index (χ4n) is 2.95. The number of aromatic nitrogens is 2. The number of methoxy groups -OCH3 is 1. The molecule has 7 heteroatoms. The molecule has 1 unspecified atom stereocenters. The number of anilines is 1. The number of carbonyl (C=O) groups is 1. The minimum Gasteiger partial charge on any atom is -0.371 e. The Balaban J connectivity index is 1.91. The third-order valence-electron chi connectivity index (χ3n) is 4.12. The van der Waals surface area contributed by atoms with Gasteiger partial charge in [-0.05, 0) is 18.2 Å². The number of ether oxygens (including phenoxy) is 1. The summed E-state index contributed by atoms with van der Waals surface area (Å²) in [7, 11) is 1.49. The van der Waals surface area contributed by atoms with E-state index in [0.29, 0.717) is 12.1 Å². The number of hydrogen-bond acceptors (Lipinski definition) is 4. The molecule has 1 saturated heterocycles. The predicted molar refractivity (Wildman–Crippen MR) is 84.3 cm³/mol. The molecule has 0 saturated carbocycles. The summed E-state index contributed by atoms with van der Waals surface area (Å²) in [6.45, 7) is 4.27. The lowest BCUT2D eigenvalue weighted by molar-refractivity contribution is -0.128. The van der Waals surface area contributed by atoms with Crippen molar-refractivity contribution in [3.05, 3.63) is 42.2 Å². The lowest BCUT2D eigenvalue weighted by Gasteiger charge is -2.21. The van der Waals surface area contributed by atoms with Crippen molar-refractivity contribution < 1.29 is 18.3 Å². The van der Waals surface area contributed by atoms with Gasteiger partial charge in [0.25, 0.3) is 5.91 Å². The van der Waals surface area contributed by atoms with Crippen LogP contribution in [0.15, 0.2) is 30.6 Å². The largest absolute Gasteiger partial charge is 0.371 e. The average molecular weight is 333 g/mol. The van der Waals surface area contributed by atoms with Gasteiger partial charge in [-0.25, -0.2) is 18.7 Å². The topological polar surface area (TPSA) is 55.3 Å². The third kappa shape index (κ3) is 2.75. The third-order valence-corrected chi connectivity index (χ3v) is 4.12. The van der Waals surface area contributed by atoms with Crippen LogP contribution < -0.4 is 4.90 Å². The first-order valence-corrected chi connectivity index (χ1v) is 7.45. The van der Waals surface area contributed by atoms with Crippen LogP contribution in [-0.2, 0) is 9.53 Å². The molecule has 2 aromatic rings. The Morgan fingerprint density at radius 2 is 1.92 bits per heavy atom. The smallest absolute Gasteiger partial charge is 0.259 e. The Morgan fingerprint density at radius 1 is 1.25 bits per heavy atom. The van der Waals surface area contributed by atoms with Gasteiger partial charge in [0.1, 0.15) is 17.7 Å². The van der Waals surface area contributed by atoms with Crippen molar-refractivity contribution in [2.45, 2.75) is 20.0 Å². The van der Waals surface area contributed by atoms with Crippen LogP contribution in [0.4, 0.5) is 14.7 Å². The molecule has 0 spiro atoms. The van der Waals surface area contributed by atoms with Crippen LogP contribution in [0.1, 0.15) is 13.8 Å². The number of carbonyl (C=O) groups excluding carboxylic acids is 1. The van der Waals surface area contributed by atoms with E-state index in [-0.39, 0.29) is 22.8 Å². The van der Waals surface area contributed by atoms with Gasteiger partial charge in [0.15, 0.2) is 0 Å². The van der Waals surface area contributed by atoms with E-state index in [9.17, 15) is 13.6 Å².